The van der Waals surface area contributed by atoms with Crippen LogP contribution in [0.15, 0.2) is 16.3 Å². The Bertz CT molecular complexity index is 601. The first-order valence-electron chi connectivity index (χ1n) is 6.34. The van der Waals surface area contributed by atoms with Crippen LogP contribution in [0.4, 0.5) is 8.78 Å². The van der Waals surface area contributed by atoms with Crippen molar-refractivity contribution in [3.8, 4) is 0 Å². The average molecular weight is 377 g/mol. The van der Waals surface area contributed by atoms with Crippen LogP contribution in [0.1, 0.15) is 36.4 Å². The largest absolute Gasteiger partial charge is 0.349 e. The molecule has 0 saturated heterocycles. The molecule has 0 unspecified atom stereocenters. The summed E-state index contributed by atoms with van der Waals surface area (Å²) in [4.78, 5) is 11.1. The zero-order valence-corrected chi connectivity index (χ0v) is 14.6. The van der Waals surface area contributed by atoms with E-state index >= 15 is 0 Å². The van der Waals surface area contributed by atoms with Crippen LogP contribution in [-0.4, -0.2) is 32.2 Å². The molecular formula is C12H19ClF2N2O3S2. The van der Waals surface area contributed by atoms with Gasteiger partial charge in [0.15, 0.2) is 0 Å². The third-order valence-corrected chi connectivity index (χ3v) is 5.85. The van der Waals surface area contributed by atoms with Crippen LogP contribution in [0.2, 0.25) is 0 Å². The molecule has 1 rings (SSSR count). The lowest BCUT2D eigenvalue weighted by Crippen LogP contribution is -2.49. The van der Waals surface area contributed by atoms with E-state index in [0.29, 0.717) is 12.8 Å². The van der Waals surface area contributed by atoms with Crippen molar-refractivity contribution in [3.05, 3.63) is 16.3 Å². The Kier molecular flexibility index (Phi) is 7.90. The Balaban J connectivity index is 0.00000441. The molecule has 22 heavy (non-hydrogen) atoms. The van der Waals surface area contributed by atoms with E-state index in [1.807, 2.05) is 13.8 Å². The third-order valence-electron chi connectivity index (χ3n) is 3.39. The zero-order valence-electron chi connectivity index (χ0n) is 12.1. The van der Waals surface area contributed by atoms with Gasteiger partial charge in [0, 0.05) is 12.1 Å². The van der Waals surface area contributed by atoms with E-state index in [0.717, 1.165) is 17.4 Å². The standard InChI is InChI=1S/C12H18F2N2O3S2.ClH/c1-3-12(15,4-2)7-16-10(17)9-8(5-6-20-9)21(18,19)11(13)14;/h5-6,11H,3-4,7,15H2,1-2H3,(H,16,17);1H. The van der Waals surface area contributed by atoms with Gasteiger partial charge in [0.25, 0.3) is 5.91 Å². The van der Waals surface area contributed by atoms with E-state index < -0.39 is 31.9 Å². The molecule has 1 aromatic rings. The molecule has 0 atom stereocenters. The van der Waals surface area contributed by atoms with Crippen LogP contribution in [0.5, 0.6) is 0 Å². The highest BCUT2D eigenvalue weighted by atomic mass is 35.5. The Morgan fingerprint density at radius 1 is 1.41 bits per heavy atom. The fourth-order valence-corrected chi connectivity index (χ4v) is 3.70. The lowest BCUT2D eigenvalue weighted by molar-refractivity contribution is 0.0943. The molecule has 0 fully saturated rings. The van der Waals surface area contributed by atoms with E-state index in [2.05, 4.69) is 5.32 Å². The van der Waals surface area contributed by atoms with E-state index in [4.69, 9.17) is 5.73 Å². The van der Waals surface area contributed by atoms with Crippen LogP contribution < -0.4 is 11.1 Å². The van der Waals surface area contributed by atoms with Gasteiger partial charge in [-0.15, -0.1) is 23.7 Å². The van der Waals surface area contributed by atoms with Gasteiger partial charge in [-0.1, -0.05) is 13.8 Å². The third kappa shape index (κ3) is 4.61. The highest BCUT2D eigenvalue weighted by molar-refractivity contribution is 7.92. The highest BCUT2D eigenvalue weighted by Crippen LogP contribution is 2.26. The monoisotopic (exact) mass is 376 g/mol. The molecule has 0 aliphatic rings. The normalized spacial score (nSPS) is 12.1. The smallest absolute Gasteiger partial charge is 0.341 e. The lowest BCUT2D eigenvalue weighted by atomic mass is 9.94. The molecular weight excluding hydrogens is 358 g/mol. The van der Waals surface area contributed by atoms with Gasteiger partial charge in [0.2, 0.25) is 9.84 Å². The Morgan fingerprint density at radius 3 is 2.41 bits per heavy atom. The zero-order chi connectivity index (χ0) is 16.3. The highest BCUT2D eigenvalue weighted by Gasteiger charge is 2.32. The minimum Gasteiger partial charge on any atom is -0.349 e. The summed E-state index contributed by atoms with van der Waals surface area (Å²) in [7, 11) is -4.79. The summed E-state index contributed by atoms with van der Waals surface area (Å²) in [5, 5.41) is 3.81. The first-order chi connectivity index (χ1) is 9.68. The van der Waals surface area contributed by atoms with Crippen molar-refractivity contribution in [3.63, 3.8) is 0 Å². The number of nitrogens with two attached hydrogens (primary N) is 1. The van der Waals surface area contributed by atoms with Crippen LogP contribution >= 0.6 is 23.7 Å². The molecule has 3 N–H and O–H groups in total. The van der Waals surface area contributed by atoms with E-state index in [9.17, 15) is 22.0 Å². The van der Waals surface area contributed by atoms with Gasteiger partial charge in [-0.3, -0.25) is 4.79 Å². The summed E-state index contributed by atoms with van der Waals surface area (Å²) in [6.45, 7) is 3.88. The van der Waals surface area contributed by atoms with Crippen molar-refractivity contribution in [1.82, 2.24) is 5.32 Å². The SMILES string of the molecule is CCC(N)(CC)CNC(=O)c1sccc1S(=O)(=O)C(F)F.Cl. The molecule has 0 aliphatic carbocycles. The first-order valence-corrected chi connectivity index (χ1v) is 8.77. The number of nitrogens with one attached hydrogen (secondary N) is 1. The molecule has 1 amide bonds. The number of thiophene rings is 1. The van der Waals surface area contributed by atoms with Crippen molar-refractivity contribution >= 4 is 39.5 Å². The van der Waals surface area contributed by atoms with E-state index in [1.165, 1.54) is 5.38 Å². The van der Waals surface area contributed by atoms with Crippen molar-refractivity contribution < 1.29 is 22.0 Å². The Hall–Kier alpha value is -0.770. The number of carbonyl (C=O) groups excluding carboxylic acids is 1. The van der Waals surface area contributed by atoms with Gasteiger partial charge in [-0.25, -0.2) is 8.42 Å². The second-order valence-electron chi connectivity index (χ2n) is 4.67. The van der Waals surface area contributed by atoms with Gasteiger partial charge in [0.1, 0.15) is 4.88 Å². The maximum absolute atomic E-state index is 12.6. The minimum absolute atomic E-state index is 0. The van der Waals surface area contributed by atoms with Crippen LogP contribution in [0.25, 0.3) is 0 Å². The van der Waals surface area contributed by atoms with Gasteiger partial charge < -0.3 is 11.1 Å². The second kappa shape index (κ2) is 8.19. The molecule has 0 spiro atoms. The summed E-state index contributed by atoms with van der Waals surface area (Å²) in [5.74, 6) is -4.26. The summed E-state index contributed by atoms with van der Waals surface area (Å²) >= 11 is 0.802. The fraction of sp³-hybridized carbons (Fsp3) is 0.583. The van der Waals surface area contributed by atoms with Gasteiger partial charge >= 0.3 is 5.76 Å². The quantitative estimate of drug-likeness (QED) is 0.764. The summed E-state index contributed by atoms with van der Waals surface area (Å²) < 4.78 is 48.1. The number of sulfone groups is 1. The number of hydrogen-bond acceptors (Lipinski definition) is 5. The van der Waals surface area contributed by atoms with E-state index in [1.54, 1.807) is 0 Å². The van der Waals surface area contributed by atoms with Crippen LogP contribution in [-0.2, 0) is 9.84 Å². The fourth-order valence-electron chi connectivity index (χ4n) is 1.62. The minimum atomic E-state index is -4.79. The number of hydrogen-bond donors (Lipinski definition) is 2. The molecule has 1 heterocycles. The summed E-state index contributed by atoms with van der Waals surface area (Å²) in [6, 6.07) is 1.01. The Morgan fingerprint density at radius 2 is 1.95 bits per heavy atom. The number of amides is 1. The molecule has 0 aliphatic heterocycles. The van der Waals surface area contributed by atoms with Gasteiger partial charge in [-0.2, -0.15) is 8.78 Å². The van der Waals surface area contributed by atoms with Crippen molar-refractivity contribution in [2.75, 3.05) is 6.54 Å². The maximum atomic E-state index is 12.6. The number of carbonyl (C=O) groups is 1. The molecule has 1 aromatic heterocycles. The van der Waals surface area contributed by atoms with E-state index in [-0.39, 0.29) is 23.8 Å². The number of rotatable bonds is 7. The molecule has 128 valence electrons. The van der Waals surface area contributed by atoms with Gasteiger partial charge in [0.05, 0.1) is 4.90 Å². The average Bonchev–Trinajstić information content (AvgIpc) is 2.94. The molecule has 0 saturated carbocycles. The maximum Gasteiger partial charge on any atom is 0.341 e. The van der Waals surface area contributed by atoms with Crippen molar-refractivity contribution in [2.45, 2.75) is 42.9 Å². The molecule has 0 radical (unpaired) electrons. The number of halogens is 3. The van der Waals surface area contributed by atoms with Gasteiger partial charge in [-0.05, 0) is 24.3 Å². The van der Waals surface area contributed by atoms with Crippen LogP contribution in [0.3, 0.4) is 0 Å². The predicted molar refractivity (Wildman–Crippen MR) is 84.6 cm³/mol. The van der Waals surface area contributed by atoms with Crippen molar-refractivity contribution in [1.29, 1.82) is 0 Å². The molecule has 10 heteroatoms. The first kappa shape index (κ1) is 21.2. The summed E-state index contributed by atoms with van der Waals surface area (Å²) in [6.07, 6.45) is 1.24. The molecule has 5 nitrogen and oxygen atoms in total. The lowest BCUT2D eigenvalue weighted by Gasteiger charge is -2.26. The molecule has 0 aromatic carbocycles. The molecule has 0 bridgehead atoms. The topological polar surface area (TPSA) is 89.3 Å². The second-order valence-corrected chi connectivity index (χ2v) is 7.47. The van der Waals surface area contributed by atoms with Crippen LogP contribution in [0, 0.1) is 0 Å². The Labute approximate surface area is 138 Å². The predicted octanol–water partition coefficient (Wildman–Crippen LogP) is 2.41. The summed E-state index contributed by atoms with van der Waals surface area (Å²) in [5.41, 5.74) is 5.42. The van der Waals surface area contributed by atoms with Crippen molar-refractivity contribution in [2.24, 2.45) is 5.73 Å². The number of alkyl halides is 2.